The summed E-state index contributed by atoms with van der Waals surface area (Å²) in [6.45, 7) is 2.07. The van der Waals surface area contributed by atoms with E-state index in [2.05, 4.69) is 40.7 Å². The molecule has 2 aromatic heterocycles. The number of aryl methyl sites for hydroxylation is 1. The van der Waals surface area contributed by atoms with E-state index >= 15 is 0 Å². The minimum Gasteiger partial charge on any atom is -0.309 e. The average molecular weight is 403 g/mol. The van der Waals surface area contributed by atoms with Crippen LogP contribution in [-0.4, -0.2) is 19.5 Å². The molecule has 29 heavy (non-hydrogen) atoms. The SMILES string of the molecule is C[C@H](Sc1nc2c(n1-c1ccccc1)CCCC2)c1nc2ccccc2c(=O)[nH]1. The summed E-state index contributed by atoms with van der Waals surface area (Å²) < 4.78 is 2.29. The summed E-state index contributed by atoms with van der Waals surface area (Å²) in [6, 6.07) is 17.9. The average Bonchev–Trinajstić information content (AvgIpc) is 3.12. The molecule has 0 aliphatic heterocycles. The minimum atomic E-state index is -0.0938. The number of nitrogens with zero attached hydrogens (tertiary/aromatic N) is 3. The van der Waals surface area contributed by atoms with Gasteiger partial charge in [-0.3, -0.25) is 9.36 Å². The van der Waals surface area contributed by atoms with E-state index in [1.807, 2.05) is 24.3 Å². The van der Waals surface area contributed by atoms with Gasteiger partial charge in [0.15, 0.2) is 5.16 Å². The van der Waals surface area contributed by atoms with Crippen molar-refractivity contribution in [2.75, 3.05) is 0 Å². The number of rotatable bonds is 4. The Balaban J connectivity index is 1.55. The first-order valence-electron chi connectivity index (χ1n) is 10.0. The Morgan fingerprint density at radius 3 is 2.62 bits per heavy atom. The van der Waals surface area contributed by atoms with Gasteiger partial charge in [0.05, 0.1) is 21.8 Å². The highest BCUT2D eigenvalue weighted by molar-refractivity contribution is 7.99. The van der Waals surface area contributed by atoms with Gasteiger partial charge in [0.1, 0.15) is 5.82 Å². The number of aromatic amines is 1. The molecule has 2 heterocycles. The number of thioether (sulfide) groups is 1. The van der Waals surface area contributed by atoms with Crippen molar-refractivity contribution in [2.45, 2.75) is 43.0 Å². The Labute approximate surface area is 173 Å². The molecule has 2 aromatic carbocycles. The summed E-state index contributed by atoms with van der Waals surface area (Å²) >= 11 is 1.65. The summed E-state index contributed by atoms with van der Waals surface area (Å²) in [7, 11) is 0. The van der Waals surface area contributed by atoms with Crippen LogP contribution in [-0.2, 0) is 12.8 Å². The molecular weight excluding hydrogens is 380 g/mol. The number of para-hydroxylation sites is 2. The number of aromatic nitrogens is 4. The fourth-order valence-corrected chi connectivity index (χ4v) is 4.97. The number of H-pyrrole nitrogens is 1. The first-order valence-corrected chi connectivity index (χ1v) is 10.9. The molecule has 0 amide bonds. The predicted molar refractivity (Wildman–Crippen MR) is 117 cm³/mol. The summed E-state index contributed by atoms with van der Waals surface area (Å²) in [5.74, 6) is 0.680. The van der Waals surface area contributed by atoms with E-state index in [-0.39, 0.29) is 10.8 Å². The van der Waals surface area contributed by atoms with Crippen molar-refractivity contribution in [1.82, 2.24) is 19.5 Å². The minimum absolute atomic E-state index is 0.0291. The van der Waals surface area contributed by atoms with Crippen molar-refractivity contribution in [3.05, 3.63) is 82.2 Å². The number of hydrogen-bond acceptors (Lipinski definition) is 4. The Morgan fingerprint density at radius 2 is 1.76 bits per heavy atom. The highest BCUT2D eigenvalue weighted by Gasteiger charge is 2.23. The molecule has 1 aliphatic carbocycles. The quantitative estimate of drug-likeness (QED) is 0.496. The first-order chi connectivity index (χ1) is 14.2. The molecule has 0 bridgehead atoms. The van der Waals surface area contributed by atoms with Crippen LogP contribution < -0.4 is 5.56 Å². The van der Waals surface area contributed by atoms with Crippen LogP contribution in [0.3, 0.4) is 0 Å². The molecule has 1 atom stereocenters. The lowest BCUT2D eigenvalue weighted by Crippen LogP contribution is -2.13. The molecule has 146 valence electrons. The summed E-state index contributed by atoms with van der Waals surface area (Å²) in [6.07, 6.45) is 4.47. The van der Waals surface area contributed by atoms with E-state index in [1.165, 1.54) is 24.2 Å². The van der Waals surface area contributed by atoms with Crippen molar-refractivity contribution < 1.29 is 0 Å². The molecule has 5 rings (SSSR count). The van der Waals surface area contributed by atoms with E-state index < -0.39 is 0 Å². The van der Waals surface area contributed by atoms with Gasteiger partial charge in [0.25, 0.3) is 5.56 Å². The van der Waals surface area contributed by atoms with Crippen LogP contribution in [0, 0.1) is 0 Å². The summed E-state index contributed by atoms with van der Waals surface area (Å²) in [5, 5.41) is 1.56. The molecule has 0 saturated heterocycles. The smallest absolute Gasteiger partial charge is 0.258 e. The first kappa shape index (κ1) is 18.2. The van der Waals surface area contributed by atoms with Gasteiger partial charge in [-0.15, -0.1) is 0 Å². The van der Waals surface area contributed by atoms with Crippen molar-refractivity contribution in [1.29, 1.82) is 0 Å². The third kappa shape index (κ3) is 3.38. The standard InChI is InChI=1S/C23H22N4OS/c1-15(21-24-18-12-6-5-11-17(18)22(28)26-21)29-23-25-19-13-7-8-14-20(19)27(23)16-9-3-2-4-10-16/h2-6,9-12,15H,7-8,13-14H2,1H3,(H,24,26,28)/t15-/m0/s1. The molecule has 0 radical (unpaired) electrons. The zero-order valence-electron chi connectivity index (χ0n) is 16.3. The normalized spacial score (nSPS) is 14.7. The van der Waals surface area contributed by atoms with Gasteiger partial charge in [-0.25, -0.2) is 9.97 Å². The molecule has 0 unspecified atom stereocenters. The second-order valence-electron chi connectivity index (χ2n) is 7.39. The Hall–Kier alpha value is -2.86. The van der Waals surface area contributed by atoms with Crippen LogP contribution in [0.15, 0.2) is 64.5 Å². The Bertz CT molecular complexity index is 1230. The molecular formula is C23H22N4OS. The topological polar surface area (TPSA) is 63.6 Å². The van der Waals surface area contributed by atoms with Gasteiger partial charge in [-0.1, -0.05) is 42.1 Å². The lowest BCUT2D eigenvalue weighted by molar-refractivity contribution is 0.654. The highest BCUT2D eigenvalue weighted by Crippen LogP contribution is 2.37. The van der Waals surface area contributed by atoms with Gasteiger partial charge in [0.2, 0.25) is 0 Å². The van der Waals surface area contributed by atoms with Gasteiger partial charge >= 0.3 is 0 Å². The maximum atomic E-state index is 12.5. The number of imidazole rings is 1. The number of benzene rings is 2. The van der Waals surface area contributed by atoms with E-state index in [0.29, 0.717) is 11.2 Å². The maximum absolute atomic E-state index is 12.5. The predicted octanol–water partition coefficient (Wildman–Crippen LogP) is 4.84. The lowest BCUT2D eigenvalue weighted by Gasteiger charge is -2.16. The third-order valence-electron chi connectivity index (χ3n) is 5.41. The fourth-order valence-electron chi connectivity index (χ4n) is 3.95. The monoisotopic (exact) mass is 402 g/mol. The van der Waals surface area contributed by atoms with Gasteiger partial charge in [0, 0.05) is 11.4 Å². The van der Waals surface area contributed by atoms with E-state index in [4.69, 9.17) is 9.97 Å². The van der Waals surface area contributed by atoms with Crippen LogP contribution in [0.25, 0.3) is 16.6 Å². The van der Waals surface area contributed by atoms with Crippen molar-refractivity contribution in [3.8, 4) is 5.69 Å². The molecule has 0 fully saturated rings. The van der Waals surface area contributed by atoms with Crippen molar-refractivity contribution in [3.63, 3.8) is 0 Å². The molecule has 6 heteroatoms. The molecule has 1 aliphatic rings. The third-order valence-corrected chi connectivity index (χ3v) is 6.48. The lowest BCUT2D eigenvalue weighted by atomic mass is 10.0. The van der Waals surface area contributed by atoms with Gasteiger partial charge in [-0.2, -0.15) is 0 Å². The van der Waals surface area contributed by atoms with Crippen molar-refractivity contribution >= 4 is 22.7 Å². The zero-order valence-corrected chi connectivity index (χ0v) is 17.1. The van der Waals surface area contributed by atoms with Crippen LogP contribution >= 0.6 is 11.8 Å². The number of nitrogens with one attached hydrogen (secondary N) is 1. The Morgan fingerprint density at radius 1 is 1.00 bits per heavy atom. The second-order valence-corrected chi connectivity index (χ2v) is 8.70. The summed E-state index contributed by atoms with van der Waals surface area (Å²) in [5.41, 5.74) is 4.29. The van der Waals surface area contributed by atoms with Crippen molar-refractivity contribution in [2.24, 2.45) is 0 Å². The van der Waals surface area contributed by atoms with Gasteiger partial charge < -0.3 is 4.98 Å². The van der Waals surface area contributed by atoms with Gasteiger partial charge in [-0.05, 0) is 56.9 Å². The van der Waals surface area contributed by atoms with E-state index in [1.54, 1.807) is 17.8 Å². The van der Waals surface area contributed by atoms with Crippen LogP contribution in [0.1, 0.15) is 42.2 Å². The Kier molecular flexibility index (Phi) is 4.72. The molecule has 0 spiro atoms. The fraction of sp³-hybridized carbons (Fsp3) is 0.261. The molecule has 5 nitrogen and oxygen atoms in total. The highest BCUT2D eigenvalue weighted by atomic mass is 32.2. The molecule has 0 saturated carbocycles. The zero-order chi connectivity index (χ0) is 19.8. The molecule has 4 aromatic rings. The number of fused-ring (bicyclic) bond motifs is 2. The number of hydrogen-bond donors (Lipinski definition) is 1. The summed E-state index contributed by atoms with van der Waals surface area (Å²) in [4.78, 5) is 25.1. The molecule has 1 N–H and O–H groups in total. The maximum Gasteiger partial charge on any atom is 0.258 e. The largest absolute Gasteiger partial charge is 0.309 e. The van der Waals surface area contributed by atoms with Crippen LogP contribution in [0.4, 0.5) is 0 Å². The van der Waals surface area contributed by atoms with Crippen LogP contribution in [0.5, 0.6) is 0 Å². The van der Waals surface area contributed by atoms with E-state index in [9.17, 15) is 4.79 Å². The van der Waals surface area contributed by atoms with Crippen LogP contribution in [0.2, 0.25) is 0 Å². The second kappa shape index (κ2) is 7.52. The van der Waals surface area contributed by atoms with E-state index in [0.717, 1.165) is 29.2 Å².